The van der Waals surface area contributed by atoms with Gasteiger partial charge in [-0.3, -0.25) is 9.69 Å². The lowest BCUT2D eigenvalue weighted by molar-refractivity contribution is -0.147. The van der Waals surface area contributed by atoms with Gasteiger partial charge in [0.1, 0.15) is 0 Å². The highest BCUT2D eigenvalue weighted by molar-refractivity contribution is 5.85. The summed E-state index contributed by atoms with van der Waals surface area (Å²) in [6, 6.07) is 0.521. The number of likely N-dealkylation sites (tertiary alicyclic amines) is 1. The second-order valence-electron chi connectivity index (χ2n) is 5.45. The third-order valence-electron chi connectivity index (χ3n) is 4.09. The zero-order valence-electron chi connectivity index (χ0n) is 11.2. The van der Waals surface area contributed by atoms with Gasteiger partial charge < -0.3 is 15.7 Å². The van der Waals surface area contributed by atoms with Gasteiger partial charge in [0.15, 0.2) is 5.60 Å². The summed E-state index contributed by atoms with van der Waals surface area (Å²) in [5, 5.41) is 16.6. The molecule has 0 radical (unpaired) electrons. The molecule has 104 valence electrons. The number of β-amino-alcohol motifs (C(OH)–C–C–N with tert-alkyl or cyclic N) is 1. The predicted molar refractivity (Wildman–Crippen MR) is 70.3 cm³/mol. The lowest BCUT2D eigenvalue weighted by atomic mass is 9.89. The molecule has 0 bridgehead atoms. The van der Waals surface area contributed by atoms with E-state index < -0.39 is 5.60 Å². The maximum Gasteiger partial charge on any atom is 0.253 e. The van der Waals surface area contributed by atoms with Crippen LogP contribution in [0.2, 0.25) is 0 Å². The Kier molecular flexibility index (Phi) is 4.59. The van der Waals surface area contributed by atoms with E-state index >= 15 is 0 Å². The average molecular weight is 255 g/mol. The maximum absolute atomic E-state index is 11.9. The number of hydrogen-bond donors (Lipinski definition) is 3. The fourth-order valence-electron chi connectivity index (χ4n) is 3.06. The van der Waals surface area contributed by atoms with E-state index in [1.165, 1.54) is 0 Å². The Morgan fingerprint density at radius 1 is 1.50 bits per heavy atom. The van der Waals surface area contributed by atoms with E-state index in [0.29, 0.717) is 25.6 Å². The molecular weight excluding hydrogens is 230 g/mol. The van der Waals surface area contributed by atoms with Crippen molar-refractivity contribution in [3.63, 3.8) is 0 Å². The summed E-state index contributed by atoms with van der Waals surface area (Å²) in [5.74, 6) is -0.205. The molecule has 2 aliphatic rings. The van der Waals surface area contributed by atoms with E-state index in [-0.39, 0.29) is 5.91 Å². The minimum atomic E-state index is -1.18. The Morgan fingerprint density at radius 3 is 2.89 bits per heavy atom. The van der Waals surface area contributed by atoms with Crippen LogP contribution in [-0.4, -0.2) is 60.3 Å². The first-order valence-corrected chi connectivity index (χ1v) is 7.11. The van der Waals surface area contributed by atoms with Crippen molar-refractivity contribution in [2.45, 2.75) is 44.2 Å². The molecule has 2 rings (SSSR count). The van der Waals surface area contributed by atoms with Crippen LogP contribution in [0, 0.1) is 0 Å². The zero-order valence-corrected chi connectivity index (χ0v) is 11.2. The van der Waals surface area contributed by atoms with Gasteiger partial charge in [-0.1, -0.05) is 0 Å². The van der Waals surface area contributed by atoms with Crippen LogP contribution >= 0.6 is 0 Å². The fourth-order valence-corrected chi connectivity index (χ4v) is 3.06. The molecule has 0 spiro atoms. The predicted octanol–water partition coefficient (Wildman–Crippen LogP) is -0.299. The number of amides is 1. The second-order valence-corrected chi connectivity index (χ2v) is 5.45. The van der Waals surface area contributed by atoms with E-state index in [4.69, 9.17) is 0 Å². The Hall–Kier alpha value is -0.650. The van der Waals surface area contributed by atoms with Crippen molar-refractivity contribution in [1.29, 1.82) is 0 Å². The van der Waals surface area contributed by atoms with Crippen molar-refractivity contribution < 1.29 is 9.90 Å². The number of piperidine rings is 2. The van der Waals surface area contributed by atoms with Gasteiger partial charge in [-0.05, 0) is 52.2 Å². The molecule has 1 unspecified atom stereocenters. The monoisotopic (exact) mass is 255 g/mol. The molecule has 2 aliphatic heterocycles. The number of aliphatic hydroxyl groups is 1. The summed E-state index contributed by atoms with van der Waals surface area (Å²) in [6.45, 7) is 6.04. The van der Waals surface area contributed by atoms with Crippen molar-refractivity contribution in [2.75, 3.05) is 32.7 Å². The smallest absolute Gasteiger partial charge is 0.253 e. The van der Waals surface area contributed by atoms with Crippen molar-refractivity contribution in [3.05, 3.63) is 0 Å². The van der Waals surface area contributed by atoms with Gasteiger partial charge in [0.25, 0.3) is 5.91 Å². The molecule has 0 aromatic carbocycles. The molecule has 0 aromatic heterocycles. The molecule has 0 saturated carbocycles. The van der Waals surface area contributed by atoms with Crippen molar-refractivity contribution in [2.24, 2.45) is 0 Å². The quantitative estimate of drug-likeness (QED) is 0.648. The highest BCUT2D eigenvalue weighted by Gasteiger charge is 2.41. The Balaban J connectivity index is 1.96. The number of nitrogens with zero attached hydrogens (tertiary/aromatic N) is 1. The molecule has 5 nitrogen and oxygen atoms in total. The molecule has 3 N–H and O–H groups in total. The van der Waals surface area contributed by atoms with E-state index in [1.807, 2.05) is 6.92 Å². The third kappa shape index (κ3) is 3.02. The van der Waals surface area contributed by atoms with Gasteiger partial charge in [0, 0.05) is 19.1 Å². The van der Waals surface area contributed by atoms with Crippen LogP contribution < -0.4 is 10.6 Å². The van der Waals surface area contributed by atoms with Gasteiger partial charge >= 0.3 is 0 Å². The summed E-state index contributed by atoms with van der Waals surface area (Å²) in [5.41, 5.74) is -1.18. The van der Waals surface area contributed by atoms with Crippen LogP contribution in [0.25, 0.3) is 0 Å². The number of rotatable bonds is 3. The van der Waals surface area contributed by atoms with Gasteiger partial charge in [0.2, 0.25) is 0 Å². The van der Waals surface area contributed by atoms with Crippen molar-refractivity contribution in [3.8, 4) is 0 Å². The van der Waals surface area contributed by atoms with Crippen LogP contribution in [0.1, 0.15) is 32.6 Å². The summed E-state index contributed by atoms with van der Waals surface area (Å²) in [6.07, 6.45) is 3.72. The van der Waals surface area contributed by atoms with Crippen LogP contribution in [-0.2, 0) is 4.79 Å². The molecule has 2 heterocycles. The highest BCUT2D eigenvalue weighted by Crippen LogP contribution is 2.25. The fraction of sp³-hybridized carbons (Fsp3) is 0.923. The van der Waals surface area contributed by atoms with E-state index in [0.717, 1.165) is 38.9 Å². The van der Waals surface area contributed by atoms with Crippen LogP contribution in [0.4, 0.5) is 0 Å². The van der Waals surface area contributed by atoms with Crippen LogP contribution in [0.15, 0.2) is 0 Å². The Labute approximate surface area is 109 Å². The molecular formula is C13H25N3O2. The number of carbonyl (C=O) groups excluding carboxylic acids is 1. The van der Waals surface area contributed by atoms with Gasteiger partial charge in [0.05, 0.1) is 0 Å². The zero-order chi connectivity index (χ0) is 13.0. The molecule has 0 aromatic rings. The summed E-state index contributed by atoms with van der Waals surface area (Å²) >= 11 is 0. The number of nitrogens with one attached hydrogen (secondary N) is 2. The summed E-state index contributed by atoms with van der Waals surface area (Å²) in [4.78, 5) is 14.3. The van der Waals surface area contributed by atoms with Crippen LogP contribution in [0.3, 0.4) is 0 Å². The molecule has 2 fully saturated rings. The van der Waals surface area contributed by atoms with Gasteiger partial charge in [-0.15, -0.1) is 0 Å². The molecule has 1 amide bonds. The largest absolute Gasteiger partial charge is 0.379 e. The first-order valence-electron chi connectivity index (χ1n) is 7.11. The van der Waals surface area contributed by atoms with Crippen molar-refractivity contribution in [1.82, 2.24) is 15.5 Å². The molecule has 18 heavy (non-hydrogen) atoms. The SMILES string of the molecule is CCNC(=O)C1(O)CCCN(C2CCNCC2)C1. The third-order valence-corrected chi connectivity index (χ3v) is 4.09. The first kappa shape index (κ1) is 13.8. The standard InChI is InChI=1S/C13H25N3O2/c1-2-15-12(17)13(18)6-3-9-16(10-13)11-4-7-14-8-5-11/h11,14,18H,2-10H2,1H3,(H,15,17). The minimum Gasteiger partial charge on any atom is -0.379 e. The average Bonchev–Trinajstić information content (AvgIpc) is 2.40. The molecule has 2 saturated heterocycles. The summed E-state index contributed by atoms with van der Waals surface area (Å²) < 4.78 is 0. The highest BCUT2D eigenvalue weighted by atomic mass is 16.3. The van der Waals surface area contributed by atoms with E-state index in [1.54, 1.807) is 0 Å². The van der Waals surface area contributed by atoms with E-state index in [2.05, 4.69) is 15.5 Å². The van der Waals surface area contributed by atoms with Gasteiger partial charge in [-0.25, -0.2) is 0 Å². The molecule has 1 atom stereocenters. The normalized spacial score (nSPS) is 31.2. The van der Waals surface area contributed by atoms with E-state index in [9.17, 15) is 9.90 Å². The maximum atomic E-state index is 11.9. The van der Waals surface area contributed by atoms with Gasteiger partial charge in [-0.2, -0.15) is 0 Å². The van der Waals surface area contributed by atoms with Crippen molar-refractivity contribution >= 4 is 5.91 Å². The Morgan fingerprint density at radius 2 is 2.22 bits per heavy atom. The lowest BCUT2D eigenvalue weighted by Gasteiger charge is -2.43. The minimum absolute atomic E-state index is 0.205. The second kappa shape index (κ2) is 5.99. The first-order chi connectivity index (χ1) is 8.65. The number of carbonyl (C=O) groups is 1. The number of likely N-dealkylation sites (N-methyl/N-ethyl adjacent to an activating group) is 1. The molecule has 0 aliphatic carbocycles. The Bertz CT molecular complexity index is 292. The van der Waals surface area contributed by atoms with Crippen LogP contribution in [0.5, 0.6) is 0 Å². The molecule has 5 heteroatoms. The summed E-state index contributed by atoms with van der Waals surface area (Å²) in [7, 11) is 0. The number of hydrogen-bond acceptors (Lipinski definition) is 4. The lowest BCUT2D eigenvalue weighted by Crippen LogP contribution is -2.59. The topological polar surface area (TPSA) is 64.6 Å².